The van der Waals surface area contributed by atoms with Crippen LogP contribution in [0.4, 0.5) is 0 Å². The SMILES string of the molecule is C=C=C[C@H](OCOC)[C@H](C=C=C)OCc1ccc(OC)cc1. The fraction of sp³-hybridized carbons (Fsp3) is 0.333. The lowest BCUT2D eigenvalue weighted by Crippen LogP contribution is -2.29. The molecule has 0 aliphatic rings. The van der Waals surface area contributed by atoms with Gasteiger partial charge < -0.3 is 18.9 Å². The van der Waals surface area contributed by atoms with Crippen molar-refractivity contribution in [3.63, 3.8) is 0 Å². The van der Waals surface area contributed by atoms with Crippen molar-refractivity contribution in [3.05, 3.63) is 66.6 Å². The molecule has 22 heavy (non-hydrogen) atoms. The van der Waals surface area contributed by atoms with Crippen LogP contribution < -0.4 is 4.74 Å². The van der Waals surface area contributed by atoms with Crippen molar-refractivity contribution in [1.82, 2.24) is 0 Å². The zero-order valence-corrected chi connectivity index (χ0v) is 13.1. The van der Waals surface area contributed by atoms with E-state index >= 15 is 0 Å². The molecule has 1 rings (SSSR count). The topological polar surface area (TPSA) is 36.9 Å². The molecule has 0 aliphatic heterocycles. The number of rotatable bonds is 10. The van der Waals surface area contributed by atoms with Crippen LogP contribution in [0.5, 0.6) is 5.75 Å². The molecule has 0 saturated heterocycles. The van der Waals surface area contributed by atoms with E-state index in [0.29, 0.717) is 6.61 Å². The van der Waals surface area contributed by atoms with Crippen molar-refractivity contribution in [1.29, 1.82) is 0 Å². The Bertz CT molecular complexity index is 523. The first-order chi connectivity index (χ1) is 10.7. The van der Waals surface area contributed by atoms with Crippen LogP contribution in [-0.2, 0) is 20.8 Å². The molecule has 0 bridgehead atoms. The number of hydrogen-bond acceptors (Lipinski definition) is 4. The summed E-state index contributed by atoms with van der Waals surface area (Å²) < 4.78 is 21.5. The summed E-state index contributed by atoms with van der Waals surface area (Å²) in [6, 6.07) is 7.67. The minimum absolute atomic E-state index is 0.149. The second-order valence-electron chi connectivity index (χ2n) is 4.40. The smallest absolute Gasteiger partial charge is 0.147 e. The molecule has 1 aromatic rings. The van der Waals surface area contributed by atoms with E-state index in [4.69, 9.17) is 18.9 Å². The summed E-state index contributed by atoms with van der Waals surface area (Å²) in [4.78, 5) is 0. The predicted molar refractivity (Wildman–Crippen MR) is 85.7 cm³/mol. The van der Waals surface area contributed by atoms with Gasteiger partial charge in [-0.05, 0) is 29.8 Å². The molecule has 4 heteroatoms. The van der Waals surface area contributed by atoms with Gasteiger partial charge in [-0.2, -0.15) is 0 Å². The quantitative estimate of drug-likeness (QED) is 0.491. The fourth-order valence-corrected chi connectivity index (χ4v) is 1.77. The van der Waals surface area contributed by atoms with Crippen LogP contribution >= 0.6 is 0 Å². The summed E-state index contributed by atoms with van der Waals surface area (Å²) in [5, 5.41) is 0. The Labute approximate surface area is 132 Å². The minimum Gasteiger partial charge on any atom is -0.497 e. The molecule has 1 aromatic carbocycles. The summed E-state index contributed by atoms with van der Waals surface area (Å²) >= 11 is 0. The molecule has 0 spiro atoms. The Morgan fingerprint density at radius 3 is 2.09 bits per heavy atom. The molecule has 118 valence electrons. The Morgan fingerprint density at radius 1 is 1.00 bits per heavy atom. The summed E-state index contributed by atoms with van der Waals surface area (Å²) in [7, 11) is 3.20. The van der Waals surface area contributed by atoms with Gasteiger partial charge in [-0.1, -0.05) is 25.3 Å². The molecular formula is C18H22O4. The second kappa shape index (κ2) is 10.6. The van der Waals surface area contributed by atoms with Crippen molar-refractivity contribution >= 4 is 0 Å². The third-order valence-corrected chi connectivity index (χ3v) is 2.87. The second-order valence-corrected chi connectivity index (χ2v) is 4.40. The number of ether oxygens (including phenoxy) is 4. The predicted octanol–water partition coefficient (Wildman–Crippen LogP) is 3.25. The summed E-state index contributed by atoms with van der Waals surface area (Å²) in [5.41, 5.74) is 6.46. The maximum atomic E-state index is 5.88. The van der Waals surface area contributed by atoms with Gasteiger partial charge in [-0.3, -0.25) is 0 Å². The molecule has 0 radical (unpaired) electrons. The average molecular weight is 302 g/mol. The minimum atomic E-state index is -0.370. The number of benzene rings is 1. The summed E-state index contributed by atoms with van der Waals surface area (Å²) in [6.45, 7) is 7.73. The third-order valence-electron chi connectivity index (χ3n) is 2.87. The van der Waals surface area contributed by atoms with Gasteiger partial charge in [-0.15, -0.1) is 11.5 Å². The van der Waals surface area contributed by atoms with Gasteiger partial charge in [-0.25, -0.2) is 0 Å². The van der Waals surface area contributed by atoms with E-state index in [1.54, 1.807) is 26.4 Å². The molecule has 0 amide bonds. The van der Waals surface area contributed by atoms with Crippen molar-refractivity contribution < 1.29 is 18.9 Å². The molecule has 4 nitrogen and oxygen atoms in total. The monoisotopic (exact) mass is 302 g/mol. The molecule has 0 aliphatic carbocycles. The Hall–Kier alpha value is -2.06. The first kappa shape index (κ1) is 18.0. The maximum Gasteiger partial charge on any atom is 0.147 e. The van der Waals surface area contributed by atoms with E-state index in [9.17, 15) is 0 Å². The van der Waals surface area contributed by atoms with Crippen LogP contribution in [-0.4, -0.2) is 33.2 Å². The average Bonchev–Trinajstić information content (AvgIpc) is 2.56. The first-order valence-electron chi connectivity index (χ1n) is 6.82. The van der Waals surface area contributed by atoms with E-state index in [-0.39, 0.29) is 19.0 Å². The normalized spacial score (nSPS) is 12.6. The zero-order chi connectivity index (χ0) is 16.2. The Kier molecular flexibility index (Phi) is 8.70. The van der Waals surface area contributed by atoms with E-state index in [2.05, 4.69) is 24.6 Å². The van der Waals surface area contributed by atoms with Crippen molar-refractivity contribution in [2.45, 2.75) is 18.8 Å². The fourth-order valence-electron chi connectivity index (χ4n) is 1.77. The zero-order valence-electron chi connectivity index (χ0n) is 13.1. The number of methoxy groups -OCH3 is 2. The van der Waals surface area contributed by atoms with Gasteiger partial charge in [0.25, 0.3) is 0 Å². The van der Waals surface area contributed by atoms with Crippen LogP contribution in [0.3, 0.4) is 0 Å². The Balaban J connectivity index is 2.72. The highest BCUT2D eigenvalue weighted by atomic mass is 16.7. The van der Waals surface area contributed by atoms with Gasteiger partial charge >= 0.3 is 0 Å². The van der Waals surface area contributed by atoms with Crippen LogP contribution in [0.25, 0.3) is 0 Å². The largest absolute Gasteiger partial charge is 0.497 e. The highest BCUT2D eigenvalue weighted by Gasteiger charge is 2.18. The van der Waals surface area contributed by atoms with Crippen LogP contribution in [0.1, 0.15) is 5.56 Å². The standard InChI is InChI=1S/C18H22O4/c1-5-7-17(18(8-6-2)22-14-19-3)21-13-15-9-11-16(20-4)12-10-15/h7-12,17-18H,1-2,13-14H2,3-4H3/t17-,18-/m0/s1. The van der Waals surface area contributed by atoms with E-state index < -0.39 is 0 Å². The lowest BCUT2D eigenvalue weighted by molar-refractivity contribution is -0.100. The maximum absolute atomic E-state index is 5.88. The van der Waals surface area contributed by atoms with E-state index in [0.717, 1.165) is 11.3 Å². The highest BCUT2D eigenvalue weighted by molar-refractivity contribution is 5.26. The van der Waals surface area contributed by atoms with Gasteiger partial charge in [0.1, 0.15) is 24.8 Å². The van der Waals surface area contributed by atoms with Crippen molar-refractivity contribution in [2.24, 2.45) is 0 Å². The molecule has 0 unspecified atom stereocenters. The molecule has 0 heterocycles. The van der Waals surface area contributed by atoms with Crippen LogP contribution in [0.15, 0.2) is 61.0 Å². The molecule has 0 saturated carbocycles. The molecular weight excluding hydrogens is 280 g/mol. The van der Waals surface area contributed by atoms with Gasteiger partial charge in [0.2, 0.25) is 0 Å². The van der Waals surface area contributed by atoms with Crippen molar-refractivity contribution in [2.75, 3.05) is 21.0 Å². The van der Waals surface area contributed by atoms with Gasteiger partial charge in [0, 0.05) is 7.11 Å². The molecule has 2 atom stereocenters. The third kappa shape index (κ3) is 6.15. The molecule has 0 aromatic heterocycles. The van der Waals surface area contributed by atoms with E-state index in [1.807, 2.05) is 24.3 Å². The van der Waals surface area contributed by atoms with Gasteiger partial charge in [0.15, 0.2) is 0 Å². The lowest BCUT2D eigenvalue weighted by atomic mass is 10.2. The first-order valence-corrected chi connectivity index (χ1v) is 6.82. The summed E-state index contributed by atoms with van der Waals surface area (Å²) in [5.74, 6) is 0.808. The summed E-state index contributed by atoms with van der Waals surface area (Å²) in [6.07, 6.45) is 2.66. The van der Waals surface area contributed by atoms with Gasteiger partial charge in [0.05, 0.1) is 13.7 Å². The van der Waals surface area contributed by atoms with E-state index in [1.165, 1.54) is 0 Å². The molecule has 0 N–H and O–H groups in total. The molecule has 0 fully saturated rings. The highest BCUT2D eigenvalue weighted by Crippen LogP contribution is 2.15. The lowest BCUT2D eigenvalue weighted by Gasteiger charge is -2.21. The Morgan fingerprint density at radius 2 is 1.59 bits per heavy atom. The number of hydrogen-bond donors (Lipinski definition) is 0. The van der Waals surface area contributed by atoms with Crippen LogP contribution in [0, 0.1) is 0 Å². The van der Waals surface area contributed by atoms with Crippen LogP contribution in [0.2, 0.25) is 0 Å². The van der Waals surface area contributed by atoms with Crippen molar-refractivity contribution in [3.8, 4) is 5.75 Å².